The van der Waals surface area contributed by atoms with Crippen LogP contribution < -0.4 is 0 Å². The molecule has 1 rings (SSSR count). The lowest BCUT2D eigenvalue weighted by molar-refractivity contribution is -0.390. The van der Waals surface area contributed by atoms with Crippen molar-refractivity contribution in [1.29, 1.82) is 0 Å². The Morgan fingerprint density at radius 1 is 1.35 bits per heavy atom. The predicted molar refractivity (Wildman–Crippen MR) is 66.0 cm³/mol. The summed E-state index contributed by atoms with van der Waals surface area (Å²) in [4.78, 5) is 9.97. The summed E-state index contributed by atoms with van der Waals surface area (Å²) in [5, 5.41) is 17.6. The highest BCUT2D eigenvalue weighted by molar-refractivity contribution is 6.75. The highest BCUT2D eigenvalue weighted by atomic mass is 35.6. The molecule has 0 radical (unpaired) electrons. The van der Waals surface area contributed by atoms with E-state index >= 15 is 0 Å². The van der Waals surface area contributed by atoms with Crippen LogP contribution in [0.25, 0.3) is 0 Å². The first kappa shape index (κ1) is 15.0. The lowest BCUT2D eigenvalue weighted by Gasteiger charge is -2.26. The van der Waals surface area contributed by atoms with Gasteiger partial charge in [0, 0.05) is 6.54 Å². The molecule has 11 heteroatoms. The third-order valence-corrected chi connectivity index (χ3v) is 4.20. The summed E-state index contributed by atoms with van der Waals surface area (Å²) in [7, 11) is 0. The Hall–Kier alpha value is -0.01000. The summed E-state index contributed by atoms with van der Waals surface area (Å²) in [5.41, 5.74) is -0.270. The molecule has 0 aliphatic carbocycles. The average molecular weight is 342 g/mol. The van der Waals surface area contributed by atoms with Gasteiger partial charge in [-0.05, 0) is 11.8 Å². The minimum Gasteiger partial charge on any atom is -0.358 e. The molecular weight excluding hydrogens is 337 g/mol. The van der Waals surface area contributed by atoms with Crippen molar-refractivity contribution in [2.75, 3.05) is 0 Å². The van der Waals surface area contributed by atoms with E-state index in [2.05, 4.69) is 10.3 Å². The first-order chi connectivity index (χ1) is 7.63. The molecule has 96 valence electrons. The smallest absolute Gasteiger partial charge is 0.358 e. The van der Waals surface area contributed by atoms with Crippen molar-refractivity contribution >= 4 is 63.8 Å². The van der Waals surface area contributed by atoms with Crippen LogP contribution in [-0.2, 0) is 10.9 Å². The van der Waals surface area contributed by atoms with Crippen LogP contribution >= 0.6 is 58.0 Å². The Morgan fingerprint density at radius 2 is 1.88 bits per heavy atom. The minimum absolute atomic E-state index is 0.234. The molecule has 6 nitrogen and oxygen atoms in total. The monoisotopic (exact) mass is 340 g/mol. The molecular formula is C6H5Cl5N4O2. The van der Waals surface area contributed by atoms with E-state index < -0.39 is 18.9 Å². The molecule has 0 aromatic carbocycles. The second-order valence-electron chi connectivity index (χ2n) is 2.91. The van der Waals surface area contributed by atoms with Crippen molar-refractivity contribution < 1.29 is 4.92 Å². The zero-order valence-corrected chi connectivity index (χ0v) is 12.0. The summed E-state index contributed by atoms with van der Waals surface area (Å²) < 4.78 is -3.21. The van der Waals surface area contributed by atoms with Crippen LogP contribution in [0.3, 0.4) is 0 Å². The number of hydrogen-bond acceptors (Lipinski definition) is 4. The van der Waals surface area contributed by atoms with Gasteiger partial charge in [-0.15, -0.1) is 0 Å². The largest absolute Gasteiger partial charge is 0.417 e. The number of aryl methyl sites for hydroxylation is 1. The van der Waals surface area contributed by atoms with Crippen molar-refractivity contribution in [1.82, 2.24) is 15.0 Å². The molecule has 0 saturated carbocycles. The van der Waals surface area contributed by atoms with E-state index in [0.29, 0.717) is 0 Å². The third kappa shape index (κ3) is 2.71. The van der Waals surface area contributed by atoms with Crippen molar-refractivity contribution in [2.24, 2.45) is 0 Å². The number of nitrogens with zero attached hydrogens (tertiary/aromatic N) is 4. The van der Waals surface area contributed by atoms with E-state index in [9.17, 15) is 10.1 Å². The molecule has 0 aliphatic rings. The predicted octanol–water partition coefficient (Wildman–Crippen LogP) is 3.21. The van der Waals surface area contributed by atoms with Crippen LogP contribution in [0.2, 0.25) is 0 Å². The lowest BCUT2D eigenvalue weighted by atomic mass is 10.3. The summed E-state index contributed by atoms with van der Waals surface area (Å²) in [6, 6.07) is 0. The Morgan fingerprint density at radius 3 is 2.24 bits per heavy atom. The number of aromatic nitrogens is 3. The Kier molecular flexibility index (Phi) is 4.37. The number of rotatable bonds is 3. The highest BCUT2D eigenvalue weighted by Gasteiger charge is 2.54. The van der Waals surface area contributed by atoms with Crippen LogP contribution in [0.15, 0.2) is 0 Å². The summed E-state index contributed by atoms with van der Waals surface area (Å²) in [5.74, 6) is -0.650. The van der Waals surface area contributed by atoms with Crippen molar-refractivity contribution in [3.63, 3.8) is 0 Å². The van der Waals surface area contributed by atoms with E-state index in [1.807, 2.05) is 0 Å². The molecule has 1 aromatic rings. The summed E-state index contributed by atoms with van der Waals surface area (Å²) in [6.07, 6.45) is 0. The van der Waals surface area contributed by atoms with Gasteiger partial charge in [0.05, 0.1) is 5.21 Å². The van der Waals surface area contributed by atoms with Gasteiger partial charge in [0.25, 0.3) is 0 Å². The lowest BCUT2D eigenvalue weighted by Crippen LogP contribution is -2.32. The molecule has 1 aromatic heterocycles. The van der Waals surface area contributed by atoms with Gasteiger partial charge in [-0.3, -0.25) is 0 Å². The van der Waals surface area contributed by atoms with Crippen LogP contribution in [0, 0.1) is 10.1 Å². The maximum atomic E-state index is 10.8. The van der Waals surface area contributed by atoms with Gasteiger partial charge in [-0.1, -0.05) is 58.0 Å². The van der Waals surface area contributed by atoms with Gasteiger partial charge < -0.3 is 10.1 Å². The fourth-order valence-electron chi connectivity index (χ4n) is 1.08. The summed E-state index contributed by atoms with van der Waals surface area (Å²) >= 11 is 28.5. The number of hydrogen-bond donors (Lipinski definition) is 0. The molecule has 1 heterocycles. The maximum absolute atomic E-state index is 10.8. The first-order valence-electron chi connectivity index (χ1n) is 4.15. The Balaban J connectivity index is 3.47. The molecule has 0 bridgehead atoms. The third-order valence-electron chi connectivity index (χ3n) is 1.84. The van der Waals surface area contributed by atoms with Gasteiger partial charge in [0.15, 0.2) is 5.69 Å². The van der Waals surface area contributed by atoms with Crippen LogP contribution in [0.5, 0.6) is 0 Å². The fourth-order valence-corrected chi connectivity index (χ4v) is 1.72. The van der Waals surface area contributed by atoms with Crippen LogP contribution in [0.4, 0.5) is 5.82 Å². The molecule has 0 spiro atoms. The topological polar surface area (TPSA) is 73.8 Å². The molecule has 0 amide bonds. The zero-order chi connectivity index (χ0) is 13.4. The van der Waals surface area contributed by atoms with E-state index in [-0.39, 0.29) is 12.2 Å². The average Bonchev–Trinajstić information content (AvgIpc) is 2.59. The molecule has 0 atom stereocenters. The van der Waals surface area contributed by atoms with Crippen LogP contribution in [-0.4, -0.2) is 23.7 Å². The molecule has 0 unspecified atom stereocenters. The number of halogens is 5. The molecule has 0 saturated heterocycles. The number of nitro groups is 1. The van der Waals surface area contributed by atoms with Gasteiger partial charge in [-0.25, -0.2) is 4.68 Å². The van der Waals surface area contributed by atoms with Gasteiger partial charge in [0.2, 0.25) is 8.13 Å². The molecule has 0 N–H and O–H groups in total. The van der Waals surface area contributed by atoms with E-state index in [1.54, 1.807) is 6.92 Å². The molecule has 0 aliphatic heterocycles. The van der Waals surface area contributed by atoms with Gasteiger partial charge in [-0.2, -0.15) is 0 Å². The standard InChI is InChI=1S/C6H5Cl5N4O2/c1-2-14-3(4(12-13-14)15(16)17)5(7,8)6(9,10)11/h2H2,1H3. The number of alkyl halides is 5. The van der Waals surface area contributed by atoms with E-state index in [4.69, 9.17) is 58.0 Å². The second kappa shape index (κ2) is 4.93. The van der Waals surface area contributed by atoms with E-state index in [0.717, 1.165) is 4.68 Å². The molecule has 0 fully saturated rings. The van der Waals surface area contributed by atoms with Crippen molar-refractivity contribution in [3.05, 3.63) is 15.8 Å². The zero-order valence-electron chi connectivity index (χ0n) is 8.20. The summed E-state index contributed by atoms with van der Waals surface area (Å²) in [6.45, 7) is 1.89. The van der Waals surface area contributed by atoms with Gasteiger partial charge >= 0.3 is 5.82 Å². The Bertz CT molecular complexity index is 440. The SMILES string of the molecule is CCn1nnc([N+](=O)[O-])c1C(Cl)(Cl)C(Cl)(Cl)Cl. The highest BCUT2D eigenvalue weighted by Crippen LogP contribution is 2.54. The normalized spacial score (nSPS) is 12.8. The van der Waals surface area contributed by atoms with Crippen LogP contribution in [0.1, 0.15) is 12.6 Å². The minimum atomic E-state index is -2.17. The van der Waals surface area contributed by atoms with Crippen molar-refractivity contribution in [2.45, 2.75) is 21.6 Å². The fraction of sp³-hybridized carbons (Fsp3) is 0.667. The quantitative estimate of drug-likeness (QED) is 0.480. The molecule has 17 heavy (non-hydrogen) atoms. The first-order valence-corrected chi connectivity index (χ1v) is 6.04. The second-order valence-corrected chi connectivity index (χ2v) is 6.52. The maximum Gasteiger partial charge on any atom is 0.417 e. The Labute approximate surface area is 121 Å². The van der Waals surface area contributed by atoms with E-state index in [1.165, 1.54) is 0 Å². The van der Waals surface area contributed by atoms with Crippen molar-refractivity contribution in [3.8, 4) is 0 Å². The van der Waals surface area contributed by atoms with Gasteiger partial charge in [0.1, 0.15) is 5.10 Å².